The summed E-state index contributed by atoms with van der Waals surface area (Å²) in [6.45, 7) is 3.84. The molecule has 0 aliphatic heterocycles. The lowest BCUT2D eigenvalue weighted by atomic mass is 10.1. The van der Waals surface area contributed by atoms with Gasteiger partial charge in [-0.1, -0.05) is 29.8 Å². The average Bonchev–Trinajstić information content (AvgIpc) is 2.72. The van der Waals surface area contributed by atoms with Gasteiger partial charge in [-0.2, -0.15) is 5.10 Å². The minimum absolute atomic E-state index is 0.345. The zero-order chi connectivity index (χ0) is 14.7. The molecule has 0 atom stereocenters. The lowest BCUT2D eigenvalue weighted by Gasteiger charge is -2.02. The van der Waals surface area contributed by atoms with Crippen molar-refractivity contribution in [2.24, 2.45) is 0 Å². The van der Waals surface area contributed by atoms with E-state index in [1.807, 2.05) is 31.2 Å². The monoisotopic (exact) mass is 335 g/mol. The molecule has 1 aromatic heterocycles. The first-order valence-corrected chi connectivity index (χ1v) is 6.85. The second-order valence-corrected chi connectivity index (χ2v) is 5.37. The number of halogens is 1. The standard InChI is InChI=1S/C14H14BrN3O2/c1-9-3-5-11(6-4-9)7-18-8-12(15)13(17-18)16-14(20)10(2)19/h3-6,8H,7H2,1-2H3,(H,16,17,20). The molecule has 0 spiro atoms. The summed E-state index contributed by atoms with van der Waals surface area (Å²) in [5.41, 5.74) is 2.31. The van der Waals surface area contributed by atoms with E-state index in [0.717, 1.165) is 5.56 Å². The van der Waals surface area contributed by atoms with Crippen molar-refractivity contribution in [1.29, 1.82) is 0 Å². The number of nitrogens with one attached hydrogen (secondary N) is 1. The van der Waals surface area contributed by atoms with Crippen molar-refractivity contribution in [3.05, 3.63) is 46.1 Å². The van der Waals surface area contributed by atoms with Gasteiger partial charge in [-0.25, -0.2) is 0 Å². The van der Waals surface area contributed by atoms with Crippen LogP contribution in [-0.2, 0) is 16.1 Å². The summed E-state index contributed by atoms with van der Waals surface area (Å²) < 4.78 is 2.34. The van der Waals surface area contributed by atoms with E-state index in [2.05, 4.69) is 26.3 Å². The Morgan fingerprint density at radius 3 is 2.55 bits per heavy atom. The predicted octanol–water partition coefficient (Wildman–Crippen LogP) is 2.53. The van der Waals surface area contributed by atoms with E-state index in [0.29, 0.717) is 16.8 Å². The molecule has 0 bridgehead atoms. The zero-order valence-corrected chi connectivity index (χ0v) is 12.8. The van der Waals surface area contributed by atoms with E-state index in [1.54, 1.807) is 10.9 Å². The molecule has 1 aromatic carbocycles. The number of hydrogen-bond donors (Lipinski definition) is 1. The van der Waals surface area contributed by atoms with Crippen molar-refractivity contribution < 1.29 is 9.59 Å². The number of ketones is 1. The molecule has 2 aromatic rings. The molecule has 1 N–H and O–H groups in total. The van der Waals surface area contributed by atoms with Crippen molar-refractivity contribution in [2.45, 2.75) is 20.4 Å². The Bertz CT molecular complexity index is 647. The second kappa shape index (κ2) is 6.00. The molecule has 104 valence electrons. The topological polar surface area (TPSA) is 64.0 Å². The van der Waals surface area contributed by atoms with Crippen LogP contribution in [0, 0.1) is 6.92 Å². The number of carbonyl (C=O) groups is 2. The average molecular weight is 336 g/mol. The van der Waals surface area contributed by atoms with Crippen LogP contribution in [0.5, 0.6) is 0 Å². The molecule has 1 heterocycles. The molecule has 6 heteroatoms. The van der Waals surface area contributed by atoms with Gasteiger partial charge in [-0.3, -0.25) is 14.3 Å². The highest BCUT2D eigenvalue weighted by Crippen LogP contribution is 2.20. The quantitative estimate of drug-likeness (QED) is 0.873. The molecule has 0 unspecified atom stereocenters. The maximum Gasteiger partial charge on any atom is 0.292 e. The second-order valence-electron chi connectivity index (χ2n) is 4.52. The highest BCUT2D eigenvalue weighted by atomic mass is 79.9. The smallest absolute Gasteiger partial charge is 0.292 e. The van der Waals surface area contributed by atoms with Crippen LogP contribution in [-0.4, -0.2) is 21.5 Å². The third-order valence-electron chi connectivity index (χ3n) is 2.73. The van der Waals surface area contributed by atoms with Crippen molar-refractivity contribution in [2.75, 3.05) is 5.32 Å². The van der Waals surface area contributed by atoms with Gasteiger partial charge in [0.05, 0.1) is 11.0 Å². The molecule has 0 aliphatic rings. The Balaban J connectivity index is 2.12. The molecule has 0 saturated carbocycles. The lowest BCUT2D eigenvalue weighted by molar-refractivity contribution is -0.133. The number of benzene rings is 1. The van der Waals surface area contributed by atoms with Crippen molar-refractivity contribution in [1.82, 2.24) is 9.78 Å². The Morgan fingerprint density at radius 1 is 1.30 bits per heavy atom. The van der Waals surface area contributed by atoms with Gasteiger partial charge in [0.2, 0.25) is 5.78 Å². The van der Waals surface area contributed by atoms with E-state index in [-0.39, 0.29) is 0 Å². The summed E-state index contributed by atoms with van der Waals surface area (Å²) in [7, 11) is 0. The number of carbonyl (C=O) groups excluding carboxylic acids is 2. The molecule has 0 aliphatic carbocycles. The number of aryl methyl sites for hydroxylation is 1. The summed E-state index contributed by atoms with van der Waals surface area (Å²) in [6.07, 6.45) is 1.76. The lowest BCUT2D eigenvalue weighted by Crippen LogP contribution is -2.20. The van der Waals surface area contributed by atoms with Crippen LogP contribution in [0.4, 0.5) is 5.82 Å². The van der Waals surface area contributed by atoms with Crippen molar-refractivity contribution in [3.63, 3.8) is 0 Å². The van der Waals surface area contributed by atoms with Gasteiger partial charge in [0.15, 0.2) is 5.82 Å². The first-order chi connectivity index (χ1) is 9.45. The highest BCUT2D eigenvalue weighted by Gasteiger charge is 2.13. The van der Waals surface area contributed by atoms with Gasteiger partial charge >= 0.3 is 0 Å². The first kappa shape index (κ1) is 14.5. The van der Waals surface area contributed by atoms with E-state index >= 15 is 0 Å². The van der Waals surface area contributed by atoms with Gasteiger partial charge in [-0.05, 0) is 28.4 Å². The maximum absolute atomic E-state index is 11.3. The third-order valence-corrected chi connectivity index (χ3v) is 3.31. The van der Waals surface area contributed by atoms with Crippen LogP contribution in [0.15, 0.2) is 34.9 Å². The van der Waals surface area contributed by atoms with Crippen LogP contribution in [0.3, 0.4) is 0 Å². The summed E-state index contributed by atoms with van der Waals surface area (Å²) in [4.78, 5) is 22.3. The first-order valence-electron chi connectivity index (χ1n) is 6.06. The molecular formula is C14H14BrN3O2. The molecule has 0 saturated heterocycles. The fraction of sp³-hybridized carbons (Fsp3) is 0.214. The normalized spacial score (nSPS) is 10.3. The molecule has 0 radical (unpaired) electrons. The summed E-state index contributed by atoms with van der Waals surface area (Å²) in [5, 5.41) is 6.69. The Kier molecular flexibility index (Phi) is 4.34. The van der Waals surface area contributed by atoms with Crippen LogP contribution < -0.4 is 5.32 Å². The molecule has 2 rings (SSSR count). The number of aromatic nitrogens is 2. The minimum atomic E-state index is -0.675. The summed E-state index contributed by atoms with van der Waals surface area (Å²) in [5.74, 6) is -0.881. The molecule has 0 fully saturated rings. The van der Waals surface area contributed by atoms with Gasteiger partial charge in [0, 0.05) is 13.1 Å². The van der Waals surface area contributed by atoms with Crippen molar-refractivity contribution in [3.8, 4) is 0 Å². The SMILES string of the molecule is CC(=O)C(=O)Nc1nn(Cc2ccc(C)cc2)cc1Br. The predicted molar refractivity (Wildman–Crippen MR) is 79.5 cm³/mol. The largest absolute Gasteiger partial charge is 0.302 e. The molecule has 1 amide bonds. The molecular weight excluding hydrogens is 322 g/mol. The Labute approximate surface area is 125 Å². The third kappa shape index (κ3) is 3.54. The summed E-state index contributed by atoms with van der Waals surface area (Å²) >= 11 is 3.31. The fourth-order valence-corrected chi connectivity index (χ4v) is 2.05. The van der Waals surface area contributed by atoms with E-state index in [4.69, 9.17) is 0 Å². The van der Waals surface area contributed by atoms with Crippen LogP contribution in [0.25, 0.3) is 0 Å². The fourth-order valence-electron chi connectivity index (χ4n) is 1.64. The van der Waals surface area contributed by atoms with Crippen LogP contribution in [0.2, 0.25) is 0 Å². The Hall–Kier alpha value is -1.95. The van der Waals surface area contributed by atoms with E-state index in [9.17, 15) is 9.59 Å². The maximum atomic E-state index is 11.3. The van der Waals surface area contributed by atoms with Gasteiger partial charge < -0.3 is 5.32 Å². The van der Waals surface area contributed by atoms with Crippen LogP contribution in [0.1, 0.15) is 18.1 Å². The van der Waals surface area contributed by atoms with Gasteiger partial charge in [0.25, 0.3) is 5.91 Å². The van der Waals surface area contributed by atoms with Crippen LogP contribution >= 0.6 is 15.9 Å². The van der Waals surface area contributed by atoms with Gasteiger partial charge in [0.1, 0.15) is 0 Å². The zero-order valence-electron chi connectivity index (χ0n) is 11.2. The minimum Gasteiger partial charge on any atom is -0.302 e. The number of anilines is 1. The number of hydrogen-bond acceptors (Lipinski definition) is 3. The van der Waals surface area contributed by atoms with Crippen molar-refractivity contribution >= 4 is 33.4 Å². The van der Waals surface area contributed by atoms with E-state index < -0.39 is 11.7 Å². The number of Topliss-reactive ketones (excluding diaryl/α,β-unsaturated/α-hetero) is 1. The van der Waals surface area contributed by atoms with E-state index in [1.165, 1.54) is 12.5 Å². The number of rotatable bonds is 4. The van der Waals surface area contributed by atoms with Gasteiger partial charge in [-0.15, -0.1) is 0 Å². The number of amides is 1. The molecule has 20 heavy (non-hydrogen) atoms. The Morgan fingerprint density at radius 2 is 1.95 bits per heavy atom. The summed E-state index contributed by atoms with van der Waals surface area (Å²) in [6, 6.07) is 8.12. The highest BCUT2D eigenvalue weighted by molar-refractivity contribution is 9.10. The molecule has 5 nitrogen and oxygen atoms in total. The number of nitrogens with zero attached hydrogens (tertiary/aromatic N) is 2.